The van der Waals surface area contributed by atoms with Gasteiger partial charge in [-0.2, -0.15) is 0 Å². The van der Waals surface area contributed by atoms with E-state index < -0.39 is 0 Å². The lowest BCUT2D eigenvalue weighted by Crippen LogP contribution is -2.48. The molecule has 0 atom stereocenters. The molecule has 5 heteroatoms. The largest absolute Gasteiger partial charge is 0.338 e. The summed E-state index contributed by atoms with van der Waals surface area (Å²) in [5.41, 5.74) is 1.26. The van der Waals surface area contributed by atoms with Gasteiger partial charge in [0.2, 0.25) is 0 Å². The summed E-state index contributed by atoms with van der Waals surface area (Å²) in [5.74, 6) is 0. The molecule has 1 aliphatic rings. The van der Waals surface area contributed by atoms with E-state index in [0.717, 1.165) is 32.4 Å². The Bertz CT molecular complexity index is 393. The van der Waals surface area contributed by atoms with Crippen LogP contribution in [-0.4, -0.2) is 43.7 Å². The maximum absolute atomic E-state index is 12.0. The number of hydrogen-bond donors (Lipinski definition) is 2. The number of amides is 2. The molecular weight excluding hydrogens is 274 g/mol. The maximum Gasteiger partial charge on any atom is 0.317 e. The Labute approximate surface area is 127 Å². The summed E-state index contributed by atoms with van der Waals surface area (Å²) in [4.78, 5) is 13.9. The van der Waals surface area contributed by atoms with Gasteiger partial charge in [0.05, 0.1) is 0 Å². The Hall–Kier alpha value is -1.26. The van der Waals surface area contributed by atoms with Crippen LogP contribution in [0, 0.1) is 0 Å². The van der Waals surface area contributed by atoms with Crippen molar-refractivity contribution < 1.29 is 4.79 Å². The number of halogens is 1. The molecule has 0 aliphatic carbocycles. The van der Waals surface area contributed by atoms with E-state index in [-0.39, 0.29) is 18.4 Å². The summed E-state index contributed by atoms with van der Waals surface area (Å²) in [6.07, 6.45) is 2.97. The number of piperidine rings is 1. The monoisotopic (exact) mass is 297 g/mol. The minimum atomic E-state index is 0. The third-order valence-corrected chi connectivity index (χ3v) is 3.71. The van der Waals surface area contributed by atoms with Crippen LogP contribution >= 0.6 is 12.4 Å². The van der Waals surface area contributed by atoms with Gasteiger partial charge in [-0.05, 0) is 37.9 Å². The molecule has 1 fully saturated rings. The predicted molar refractivity (Wildman–Crippen MR) is 84.4 cm³/mol. The van der Waals surface area contributed by atoms with Crippen molar-refractivity contribution in [2.45, 2.75) is 25.3 Å². The molecule has 0 aromatic heterocycles. The molecular formula is C15H24ClN3O. The quantitative estimate of drug-likeness (QED) is 0.893. The maximum atomic E-state index is 12.0. The highest BCUT2D eigenvalue weighted by Gasteiger charge is 2.21. The zero-order valence-electron chi connectivity index (χ0n) is 12.0. The predicted octanol–water partition coefficient (Wildman–Crippen LogP) is 2.04. The number of carbonyl (C=O) groups is 1. The lowest BCUT2D eigenvalue weighted by molar-refractivity contribution is 0.177. The molecule has 2 amide bonds. The highest BCUT2D eigenvalue weighted by molar-refractivity contribution is 5.85. The van der Waals surface area contributed by atoms with E-state index in [1.165, 1.54) is 5.56 Å². The summed E-state index contributed by atoms with van der Waals surface area (Å²) >= 11 is 0. The van der Waals surface area contributed by atoms with Crippen LogP contribution in [0.15, 0.2) is 30.3 Å². The fourth-order valence-electron chi connectivity index (χ4n) is 2.44. The smallest absolute Gasteiger partial charge is 0.317 e. The molecule has 0 bridgehead atoms. The molecule has 4 nitrogen and oxygen atoms in total. The fraction of sp³-hybridized carbons (Fsp3) is 0.533. The Morgan fingerprint density at radius 1 is 1.30 bits per heavy atom. The van der Waals surface area contributed by atoms with Gasteiger partial charge in [0.25, 0.3) is 0 Å². The number of carbonyl (C=O) groups excluding carboxylic acids is 1. The second-order valence-corrected chi connectivity index (χ2v) is 5.06. The number of nitrogens with zero attached hydrogens (tertiary/aromatic N) is 1. The number of urea groups is 1. The van der Waals surface area contributed by atoms with Crippen LogP contribution in [0.3, 0.4) is 0 Å². The van der Waals surface area contributed by atoms with Crippen LogP contribution in [0.5, 0.6) is 0 Å². The molecule has 112 valence electrons. The molecule has 1 saturated heterocycles. The van der Waals surface area contributed by atoms with Gasteiger partial charge >= 0.3 is 6.03 Å². The first-order valence-corrected chi connectivity index (χ1v) is 7.02. The summed E-state index contributed by atoms with van der Waals surface area (Å²) in [6.45, 7) is 2.71. The molecule has 2 N–H and O–H groups in total. The third-order valence-electron chi connectivity index (χ3n) is 3.71. The van der Waals surface area contributed by atoms with Crippen molar-refractivity contribution in [2.24, 2.45) is 0 Å². The fourth-order valence-corrected chi connectivity index (χ4v) is 2.44. The highest BCUT2D eigenvalue weighted by atomic mass is 35.5. The van der Waals surface area contributed by atoms with Gasteiger partial charge in [0, 0.05) is 19.6 Å². The van der Waals surface area contributed by atoms with Crippen molar-refractivity contribution in [1.29, 1.82) is 0 Å². The van der Waals surface area contributed by atoms with Crippen LogP contribution < -0.4 is 10.6 Å². The lowest BCUT2D eigenvalue weighted by Gasteiger charge is -2.31. The van der Waals surface area contributed by atoms with E-state index in [1.54, 1.807) is 0 Å². The number of hydrogen-bond acceptors (Lipinski definition) is 2. The van der Waals surface area contributed by atoms with E-state index in [2.05, 4.69) is 22.8 Å². The van der Waals surface area contributed by atoms with Gasteiger partial charge in [-0.25, -0.2) is 4.79 Å². The van der Waals surface area contributed by atoms with Crippen molar-refractivity contribution >= 4 is 18.4 Å². The number of rotatable bonds is 4. The number of benzene rings is 1. The van der Waals surface area contributed by atoms with Gasteiger partial charge in [-0.1, -0.05) is 30.3 Å². The van der Waals surface area contributed by atoms with Crippen LogP contribution in [0.25, 0.3) is 0 Å². The SMILES string of the molecule is CN(C(=O)NCCc1ccccc1)C1CCNCC1.Cl. The second kappa shape index (κ2) is 8.82. The second-order valence-electron chi connectivity index (χ2n) is 5.06. The molecule has 1 aromatic rings. The van der Waals surface area contributed by atoms with Crippen LogP contribution in [-0.2, 0) is 6.42 Å². The standard InChI is InChI=1S/C15H23N3O.ClH/c1-18(14-8-10-16-11-9-14)15(19)17-12-7-13-5-3-2-4-6-13;/h2-6,14,16H,7-12H2,1H3,(H,17,19);1H. The molecule has 0 spiro atoms. The minimum absolute atomic E-state index is 0. The van der Waals surface area contributed by atoms with Crippen molar-refractivity contribution in [2.75, 3.05) is 26.7 Å². The van der Waals surface area contributed by atoms with Crippen molar-refractivity contribution in [3.05, 3.63) is 35.9 Å². The molecule has 0 radical (unpaired) electrons. The van der Waals surface area contributed by atoms with Gasteiger partial charge in [-0.3, -0.25) is 0 Å². The normalized spacial score (nSPS) is 15.2. The van der Waals surface area contributed by atoms with Crippen molar-refractivity contribution in [3.63, 3.8) is 0 Å². The third kappa shape index (κ3) is 5.02. The summed E-state index contributed by atoms with van der Waals surface area (Å²) < 4.78 is 0. The van der Waals surface area contributed by atoms with E-state index in [0.29, 0.717) is 12.6 Å². The van der Waals surface area contributed by atoms with Gasteiger partial charge in [-0.15, -0.1) is 12.4 Å². The molecule has 1 heterocycles. The summed E-state index contributed by atoms with van der Waals surface area (Å²) in [6, 6.07) is 10.6. The van der Waals surface area contributed by atoms with E-state index >= 15 is 0 Å². The minimum Gasteiger partial charge on any atom is -0.338 e. The van der Waals surface area contributed by atoms with Crippen LogP contribution in [0.1, 0.15) is 18.4 Å². The molecule has 0 saturated carbocycles. The topological polar surface area (TPSA) is 44.4 Å². The van der Waals surface area contributed by atoms with Crippen LogP contribution in [0.4, 0.5) is 4.79 Å². The first-order valence-electron chi connectivity index (χ1n) is 7.02. The molecule has 0 unspecified atom stereocenters. The van der Waals surface area contributed by atoms with E-state index in [1.807, 2.05) is 30.1 Å². The molecule has 20 heavy (non-hydrogen) atoms. The zero-order chi connectivity index (χ0) is 13.5. The Balaban J connectivity index is 0.00000200. The Morgan fingerprint density at radius 2 is 1.95 bits per heavy atom. The van der Waals surface area contributed by atoms with Crippen molar-refractivity contribution in [1.82, 2.24) is 15.5 Å². The molecule has 1 aliphatic heterocycles. The van der Waals surface area contributed by atoms with E-state index in [9.17, 15) is 4.79 Å². The van der Waals surface area contributed by atoms with Gasteiger partial charge in [0.15, 0.2) is 0 Å². The Morgan fingerprint density at radius 3 is 2.60 bits per heavy atom. The average Bonchev–Trinajstić information content (AvgIpc) is 2.48. The first-order chi connectivity index (χ1) is 9.27. The van der Waals surface area contributed by atoms with Gasteiger partial charge in [0.1, 0.15) is 0 Å². The zero-order valence-corrected chi connectivity index (χ0v) is 12.8. The highest BCUT2D eigenvalue weighted by Crippen LogP contribution is 2.09. The molecule has 1 aromatic carbocycles. The summed E-state index contributed by atoms with van der Waals surface area (Å²) in [5, 5.41) is 6.31. The van der Waals surface area contributed by atoms with E-state index in [4.69, 9.17) is 0 Å². The van der Waals surface area contributed by atoms with Gasteiger partial charge < -0.3 is 15.5 Å². The lowest BCUT2D eigenvalue weighted by atomic mass is 10.1. The summed E-state index contributed by atoms with van der Waals surface area (Å²) in [7, 11) is 1.90. The molecule has 2 rings (SSSR count). The first kappa shape index (κ1) is 16.8. The van der Waals surface area contributed by atoms with Crippen molar-refractivity contribution in [3.8, 4) is 0 Å². The Kier molecular flexibility index (Phi) is 7.41. The number of nitrogens with one attached hydrogen (secondary N) is 2. The average molecular weight is 298 g/mol. The van der Waals surface area contributed by atoms with Crippen LogP contribution in [0.2, 0.25) is 0 Å².